The number of benzene rings is 1. The third-order valence-electron chi connectivity index (χ3n) is 3.51. The molecule has 0 aliphatic heterocycles. The molecular formula is C16H11F3N4. The Morgan fingerprint density at radius 3 is 2.35 bits per heavy atom. The van der Waals surface area contributed by atoms with Crippen LogP contribution in [0, 0.1) is 25.2 Å². The molecule has 0 atom stereocenters. The van der Waals surface area contributed by atoms with Gasteiger partial charge in [0.25, 0.3) is 0 Å². The van der Waals surface area contributed by atoms with Gasteiger partial charge in [0.2, 0.25) is 0 Å². The molecule has 7 heteroatoms. The zero-order chi connectivity index (χ0) is 16.8. The average Bonchev–Trinajstić information content (AvgIpc) is 2.81. The first-order chi connectivity index (χ1) is 10.8. The Bertz CT molecular complexity index is 931. The van der Waals surface area contributed by atoms with E-state index in [1.54, 1.807) is 24.3 Å². The van der Waals surface area contributed by atoms with Crippen LogP contribution in [-0.4, -0.2) is 14.6 Å². The number of alkyl halides is 3. The van der Waals surface area contributed by atoms with Crippen LogP contribution < -0.4 is 0 Å². The van der Waals surface area contributed by atoms with Crippen LogP contribution in [0.1, 0.15) is 22.5 Å². The largest absolute Gasteiger partial charge is 0.433 e. The van der Waals surface area contributed by atoms with Crippen LogP contribution in [0.3, 0.4) is 0 Å². The van der Waals surface area contributed by atoms with Gasteiger partial charge in [-0.25, -0.2) is 9.50 Å². The van der Waals surface area contributed by atoms with E-state index in [1.807, 2.05) is 13.0 Å². The van der Waals surface area contributed by atoms with Crippen molar-refractivity contribution in [3.05, 3.63) is 52.8 Å². The number of rotatable bonds is 1. The van der Waals surface area contributed by atoms with E-state index in [0.717, 1.165) is 11.6 Å². The molecule has 0 aliphatic rings. The van der Waals surface area contributed by atoms with Crippen LogP contribution in [0.25, 0.3) is 16.9 Å². The third kappa shape index (κ3) is 2.52. The molecule has 116 valence electrons. The molecule has 0 saturated carbocycles. The van der Waals surface area contributed by atoms with E-state index in [-0.39, 0.29) is 22.6 Å². The molecule has 2 heterocycles. The Hall–Kier alpha value is -2.88. The van der Waals surface area contributed by atoms with Gasteiger partial charge in [-0.3, -0.25) is 0 Å². The Balaban J connectivity index is 2.37. The monoisotopic (exact) mass is 316 g/mol. The topological polar surface area (TPSA) is 54.0 Å². The summed E-state index contributed by atoms with van der Waals surface area (Å²) in [5.74, 6) is 0. The van der Waals surface area contributed by atoms with Crippen LogP contribution in [0.4, 0.5) is 13.2 Å². The van der Waals surface area contributed by atoms with Crippen molar-refractivity contribution >= 4 is 5.65 Å². The summed E-state index contributed by atoms with van der Waals surface area (Å²) in [5.41, 5.74) is 0.908. The molecule has 0 N–H and O–H groups in total. The number of hydrogen-bond acceptors (Lipinski definition) is 3. The number of aromatic nitrogens is 3. The van der Waals surface area contributed by atoms with Gasteiger partial charge in [-0.05, 0) is 19.9 Å². The SMILES string of the molecule is Cc1ccc(-c2cc(C(F)(F)F)n3nc(C)c(C#N)c3n2)cc1. The van der Waals surface area contributed by atoms with Crippen molar-refractivity contribution in [2.24, 2.45) is 0 Å². The van der Waals surface area contributed by atoms with Crippen LogP contribution >= 0.6 is 0 Å². The highest BCUT2D eigenvalue weighted by Gasteiger charge is 2.36. The van der Waals surface area contributed by atoms with E-state index in [9.17, 15) is 18.4 Å². The summed E-state index contributed by atoms with van der Waals surface area (Å²) in [4.78, 5) is 4.22. The Morgan fingerprint density at radius 2 is 1.78 bits per heavy atom. The molecule has 0 spiro atoms. The third-order valence-corrected chi connectivity index (χ3v) is 3.51. The summed E-state index contributed by atoms with van der Waals surface area (Å²) in [6, 6.07) is 9.80. The van der Waals surface area contributed by atoms with E-state index < -0.39 is 11.9 Å². The fourth-order valence-corrected chi connectivity index (χ4v) is 2.33. The molecule has 0 fully saturated rings. The first kappa shape index (κ1) is 15.0. The Kier molecular flexibility index (Phi) is 3.33. The van der Waals surface area contributed by atoms with Gasteiger partial charge in [-0.15, -0.1) is 0 Å². The van der Waals surface area contributed by atoms with Crippen molar-refractivity contribution in [2.75, 3.05) is 0 Å². The lowest BCUT2D eigenvalue weighted by Crippen LogP contribution is -2.13. The number of halogens is 3. The number of nitrogens with zero attached hydrogens (tertiary/aromatic N) is 4. The first-order valence-electron chi connectivity index (χ1n) is 6.76. The zero-order valence-electron chi connectivity index (χ0n) is 12.3. The number of nitriles is 1. The molecule has 0 saturated heterocycles. The van der Waals surface area contributed by atoms with Gasteiger partial charge in [0.05, 0.1) is 11.4 Å². The van der Waals surface area contributed by atoms with Gasteiger partial charge < -0.3 is 0 Å². The Labute approximate surface area is 129 Å². The second-order valence-corrected chi connectivity index (χ2v) is 5.20. The summed E-state index contributed by atoms with van der Waals surface area (Å²) in [7, 11) is 0. The second-order valence-electron chi connectivity index (χ2n) is 5.20. The minimum absolute atomic E-state index is 0.0458. The molecule has 3 aromatic rings. The molecule has 0 bridgehead atoms. The highest BCUT2D eigenvalue weighted by molar-refractivity contribution is 5.67. The summed E-state index contributed by atoms with van der Waals surface area (Å²) < 4.78 is 40.7. The minimum Gasteiger partial charge on any atom is -0.227 e. The van der Waals surface area contributed by atoms with Crippen molar-refractivity contribution < 1.29 is 13.2 Å². The van der Waals surface area contributed by atoms with Crippen molar-refractivity contribution in [3.8, 4) is 17.3 Å². The first-order valence-corrected chi connectivity index (χ1v) is 6.76. The van der Waals surface area contributed by atoms with Crippen molar-refractivity contribution in [1.29, 1.82) is 5.26 Å². The minimum atomic E-state index is -4.61. The van der Waals surface area contributed by atoms with Gasteiger partial charge in [-0.2, -0.15) is 23.5 Å². The molecule has 1 aromatic carbocycles. The van der Waals surface area contributed by atoms with Crippen LogP contribution in [0.2, 0.25) is 0 Å². The predicted octanol–water partition coefficient (Wildman–Crippen LogP) is 3.90. The molecule has 0 amide bonds. The Morgan fingerprint density at radius 1 is 1.13 bits per heavy atom. The maximum Gasteiger partial charge on any atom is 0.433 e. The maximum absolute atomic E-state index is 13.4. The molecule has 2 aromatic heterocycles. The lowest BCUT2D eigenvalue weighted by molar-refractivity contribution is -0.142. The predicted molar refractivity (Wildman–Crippen MR) is 77.6 cm³/mol. The summed E-state index contributed by atoms with van der Waals surface area (Å²) in [6.45, 7) is 3.37. The van der Waals surface area contributed by atoms with Crippen molar-refractivity contribution in [3.63, 3.8) is 0 Å². The summed E-state index contributed by atoms with van der Waals surface area (Å²) in [6.07, 6.45) is -4.61. The van der Waals surface area contributed by atoms with E-state index in [1.165, 1.54) is 6.92 Å². The average molecular weight is 316 g/mol. The van der Waals surface area contributed by atoms with Crippen molar-refractivity contribution in [2.45, 2.75) is 20.0 Å². The van der Waals surface area contributed by atoms with Crippen LogP contribution in [-0.2, 0) is 6.18 Å². The van der Waals surface area contributed by atoms with E-state index in [0.29, 0.717) is 10.1 Å². The normalized spacial score (nSPS) is 11.7. The van der Waals surface area contributed by atoms with Crippen LogP contribution in [0.15, 0.2) is 30.3 Å². The van der Waals surface area contributed by atoms with Gasteiger partial charge in [0, 0.05) is 5.56 Å². The number of fused-ring (bicyclic) bond motifs is 1. The quantitative estimate of drug-likeness (QED) is 0.684. The zero-order valence-corrected chi connectivity index (χ0v) is 12.3. The second kappa shape index (κ2) is 5.09. The standard InChI is InChI=1S/C16H11F3N4/c1-9-3-5-11(6-4-9)13-7-14(16(17,18)19)23-15(21-13)12(8-20)10(2)22-23/h3-7H,1-2H3. The molecule has 3 rings (SSSR count). The van der Waals surface area contributed by atoms with Crippen molar-refractivity contribution in [1.82, 2.24) is 14.6 Å². The smallest absolute Gasteiger partial charge is 0.227 e. The van der Waals surface area contributed by atoms with Gasteiger partial charge in [0.1, 0.15) is 11.6 Å². The lowest BCUT2D eigenvalue weighted by atomic mass is 10.1. The molecular weight excluding hydrogens is 305 g/mol. The molecule has 4 nitrogen and oxygen atoms in total. The summed E-state index contributed by atoms with van der Waals surface area (Å²) in [5, 5.41) is 13.0. The fraction of sp³-hybridized carbons (Fsp3) is 0.188. The van der Waals surface area contributed by atoms with Gasteiger partial charge >= 0.3 is 6.18 Å². The summed E-state index contributed by atoms with van der Waals surface area (Å²) >= 11 is 0. The number of hydrogen-bond donors (Lipinski definition) is 0. The van der Waals surface area contributed by atoms with Crippen LogP contribution in [0.5, 0.6) is 0 Å². The molecule has 0 aliphatic carbocycles. The maximum atomic E-state index is 13.4. The number of aryl methyl sites for hydroxylation is 2. The van der Waals surface area contributed by atoms with E-state index in [2.05, 4.69) is 10.1 Å². The lowest BCUT2D eigenvalue weighted by Gasteiger charge is -2.11. The van der Waals surface area contributed by atoms with E-state index >= 15 is 0 Å². The fourth-order valence-electron chi connectivity index (χ4n) is 2.33. The molecule has 23 heavy (non-hydrogen) atoms. The van der Waals surface area contributed by atoms with E-state index in [4.69, 9.17) is 0 Å². The highest BCUT2D eigenvalue weighted by Crippen LogP contribution is 2.33. The highest BCUT2D eigenvalue weighted by atomic mass is 19.4. The molecule has 0 unspecified atom stereocenters. The van der Waals surface area contributed by atoms with Gasteiger partial charge in [0.15, 0.2) is 11.3 Å². The van der Waals surface area contributed by atoms with Gasteiger partial charge in [-0.1, -0.05) is 29.8 Å². The molecule has 0 radical (unpaired) electrons.